The number of carbonyl (C=O) groups is 2. The number of amides is 1. The molecular weight excluding hydrogens is 388 g/mol. The Balaban J connectivity index is 0.00000900. The summed E-state index contributed by atoms with van der Waals surface area (Å²) >= 11 is 0. The Hall–Kier alpha value is -2.23. The number of hydrogen-bond donors (Lipinski definition) is 5. The Labute approximate surface area is 179 Å². The number of hydrogen-bond acceptors (Lipinski definition) is 7. The van der Waals surface area contributed by atoms with Gasteiger partial charge in [-0.1, -0.05) is 45.6 Å². The largest absolute Gasteiger partial charge is 0.434 e. The second-order valence-corrected chi connectivity index (χ2v) is 7.68. The lowest BCUT2D eigenvalue weighted by Crippen LogP contribution is -2.63. The summed E-state index contributed by atoms with van der Waals surface area (Å²) in [7, 11) is 0. The second-order valence-electron chi connectivity index (χ2n) is 7.68. The fourth-order valence-corrected chi connectivity index (χ4v) is 3.31. The van der Waals surface area contributed by atoms with Crippen molar-refractivity contribution in [3.05, 3.63) is 30.6 Å². The number of nitrogens with zero attached hydrogens (tertiary/aromatic N) is 1. The van der Waals surface area contributed by atoms with Crippen LogP contribution in [0, 0.1) is 0 Å². The molecule has 0 saturated carbocycles. The van der Waals surface area contributed by atoms with E-state index in [1.165, 1.54) is 32.1 Å². The first kappa shape index (κ1) is 25.8. The van der Waals surface area contributed by atoms with Gasteiger partial charge >= 0.3 is 5.97 Å². The lowest BCUT2D eigenvalue weighted by Gasteiger charge is -2.33. The topological polar surface area (TPSA) is 165 Å². The fourth-order valence-electron chi connectivity index (χ4n) is 3.31. The van der Waals surface area contributed by atoms with Gasteiger partial charge in [-0.15, -0.1) is 0 Å². The molecule has 1 aromatic heterocycles. The Bertz CT molecular complexity index is 684. The van der Waals surface area contributed by atoms with Crippen LogP contribution in [0.1, 0.15) is 71.2 Å². The highest BCUT2D eigenvalue weighted by molar-refractivity contribution is 5.89. The van der Waals surface area contributed by atoms with Crippen LogP contribution >= 0.6 is 0 Å². The minimum atomic E-state index is -2.18. The monoisotopic (exact) mass is 426 g/mol. The molecule has 172 valence electrons. The van der Waals surface area contributed by atoms with E-state index < -0.39 is 36.0 Å². The number of aliphatic hydroxyl groups excluding tert-OH is 2. The molecule has 1 rings (SSSR count). The summed E-state index contributed by atoms with van der Waals surface area (Å²) in [6, 6.07) is 0. The van der Waals surface area contributed by atoms with E-state index in [1.54, 1.807) is 6.20 Å². The van der Waals surface area contributed by atoms with Crippen LogP contribution in [-0.4, -0.2) is 49.8 Å². The molecule has 30 heavy (non-hydrogen) atoms. The summed E-state index contributed by atoms with van der Waals surface area (Å²) in [5, 5.41) is 20.8. The lowest BCUT2D eigenvalue weighted by atomic mass is 9.85. The average molecular weight is 427 g/mol. The van der Waals surface area contributed by atoms with Gasteiger partial charge in [0.1, 0.15) is 11.9 Å². The molecule has 1 amide bonds. The van der Waals surface area contributed by atoms with Crippen LogP contribution in [0.15, 0.2) is 19.0 Å². The van der Waals surface area contributed by atoms with Crippen LogP contribution in [0.3, 0.4) is 0 Å². The van der Waals surface area contributed by atoms with E-state index in [-0.39, 0.29) is 7.85 Å². The molecule has 0 radical (unpaired) electrons. The van der Waals surface area contributed by atoms with Crippen LogP contribution in [0.5, 0.6) is 0 Å². The number of ether oxygens (including phenoxy) is 1. The Morgan fingerprint density at radius 2 is 1.97 bits per heavy atom. The van der Waals surface area contributed by atoms with E-state index in [0.29, 0.717) is 12.2 Å². The maximum atomic E-state index is 12.1. The Morgan fingerprint density at radius 1 is 1.30 bits per heavy atom. The molecule has 0 spiro atoms. The van der Waals surface area contributed by atoms with Crippen molar-refractivity contribution in [2.24, 2.45) is 11.5 Å². The molecule has 0 aliphatic heterocycles. The molecule has 1 heterocycles. The third kappa shape index (κ3) is 8.25. The molecule has 9 heteroatoms. The van der Waals surface area contributed by atoms with Crippen molar-refractivity contribution >= 4 is 11.9 Å². The van der Waals surface area contributed by atoms with Crippen LogP contribution in [0.4, 0.5) is 0 Å². The molecule has 0 aliphatic carbocycles. The quantitative estimate of drug-likeness (QED) is 0.152. The highest BCUT2D eigenvalue weighted by atomic mass is 16.5. The second kappa shape index (κ2) is 13.1. The smallest absolute Gasteiger partial charge is 0.334 e. The minimum absolute atomic E-state index is 0. The van der Waals surface area contributed by atoms with Gasteiger partial charge in [-0.25, -0.2) is 9.78 Å². The van der Waals surface area contributed by atoms with Crippen molar-refractivity contribution in [3.63, 3.8) is 0 Å². The van der Waals surface area contributed by atoms with Gasteiger partial charge in [0, 0.05) is 19.7 Å². The first-order valence-corrected chi connectivity index (χ1v) is 10.5. The molecule has 0 aliphatic rings. The molecule has 0 fully saturated rings. The summed E-state index contributed by atoms with van der Waals surface area (Å²) in [4.78, 5) is 30.9. The summed E-state index contributed by atoms with van der Waals surface area (Å²) in [5.41, 5.74) is 9.86. The zero-order chi connectivity index (χ0) is 22.6. The number of esters is 1. The molecule has 0 bridgehead atoms. The standard InChI is InChI=1S/C21H36N4O5.H2/c1-3-5-6-7-8-9-10-15-14-24-18(25-15)12-11-16(26)19(28)21(23,13-17(22)27)20(29)30-4-2;/h4,14,16,19,26,28H,2-3,5-13,23H2,1H3,(H2,22,27)(H,24,25);1H. The third-order valence-electron chi connectivity index (χ3n) is 5.09. The predicted molar refractivity (Wildman–Crippen MR) is 115 cm³/mol. The molecule has 3 unspecified atom stereocenters. The van der Waals surface area contributed by atoms with Crippen molar-refractivity contribution in [2.45, 2.75) is 88.9 Å². The molecule has 1 aromatic rings. The number of aromatic amines is 1. The van der Waals surface area contributed by atoms with Gasteiger partial charge in [0.25, 0.3) is 0 Å². The Kier molecular flexibility index (Phi) is 11.3. The van der Waals surface area contributed by atoms with Gasteiger partial charge in [-0.05, 0) is 19.3 Å². The normalized spacial score (nSPS) is 15.2. The number of primary amides is 1. The van der Waals surface area contributed by atoms with Crippen molar-refractivity contribution in [1.82, 2.24) is 9.97 Å². The highest BCUT2D eigenvalue weighted by Gasteiger charge is 2.47. The number of aromatic nitrogens is 2. The van der Waals surface area contributed by atoms with Crippen molar-refractivity contribution in [3.8, 4) is 0 Å². The van der Waals surface area contributed by atoms with Crippen molar-refractivity contribution < 1.29 is 26.0 Å². The van der Waals surface area contributed by atoms with E-state index >= 15 is 0 Å². The van der Waals surface area contributed by atoms with E-state index in [9.17, 15) is 19.8 Å². The molecule has 9 nitrogen and oxygen atoms in total. The van der Waals surface area contributed by atoms with Crippen LogP contribution in [0.25, 0.3) is 0 Å². The number of nitrogens with two attached hydrogens (primary N) is 2. The summed E-state index contributed by atoms with van der Waals surface area (Å²) in [6.07, 6.45) is 7.36. The number of imidazole rings is 1. The van der Waals surface area contributed by atoms with Crippen LogP contribution in [0.2, 0.25) is 0 Å². The maximum Gasteiger partial charge on any atom is 0.334 e. The SMILES string of the molecule is C=COC(=O)C(N)(CC(N)=O)C(O)C(O)CCc1ncc(CCCCCCCC)[nH]1.[HH]. The fraction of sp³-hybridized carbons (Fsp3) is 0.667. The number of H-pyrrole nitrogens is 1. The zero-order valence-electron chi connectivity index (χ0n) is 17.8. The number of unbranched alkanes of at least 4 members (excludes halogenated alkanes) is 5. The lowest BCUT2D eigenvalue weighted by molar-refractivity contribution is -0.155. The third-order valence-corrected chi connectivity index (χ3v) is 5.09. The summed E-state index contributed by atoms with van der Waals surface area (Å²) in [5.74, 6) is -1.34. The number of nitrogens with one attached hydrogen (secondary N) is 1. The van der Waals surface area contributed by atoms with E-state index in [4.69, 9.17) is 11.5 Å². The van der Waals surface area contributed by atoms with E-state index in [0.717, 1.165) is 24.8 Å². The van der Waals surface area contributed by atoms with Gasteiger partial charge in [0.05, 0.1) is 18.8 Å². The maximum absolute atomic E-state index is 12.1. The Morgan fingerprint density at radius 3 is 2.60 bits per heavy atom. The van der Waals surface area contributed by atoms with Crippen molar-refractivity contribution in [2.75, 3.05) is 0 Å². The molecular formula is C21H38N4O5. The van der Waals surface area contributed by atoms with E-state index in [1.807, 2.05) is 0 Å². The molecule has 0 saturated heterocycles. The molecule has 3 atom stereocenters. The number of rotatable bonds is 16. The van der Waals surface area contributed by atoms with Gasteiger partial charge < -0.3 is 31.4 Å². The zero-order valence-corrected chi connectivity index (χ0v) is 17.8. The number of aliphatic hydroxyl groups is 2. The molecule has 7 N–H and O–H groups in total. The summed E-state index contributed by atoms with van der Waals surface area (Å²) in [6.45, 7) is 5.44. The van der Waals surface area contributed by atoms with Gasteiger partial charge in [0.15, 0.2) is 5.54 Å². The van der Waals surface area contributed by atoms with Crippen molar-refractivity contribution in [1.29, 1.82) is 0 Å². The predicted octanol–water partition coefficient (Wildman–Crippen LogP) is 1.47. The van der Waals surface area contributed by atoms with Crippen LogP contribution in [-0.2, 0) is 27.2 Å². The van der Waals surface area contributed by atoms with Gasteiger partial charge in [0.2, 0.25) is 5.91 Å². The first-order chi connectivity index (χ1) is 14.2. The van der Waals surface area contributed by atoms with E-state index in [2.05, 4.69) is 28.2 Å². The first-order valence-electron chi connectivity index (χ1n) is 10.5. The summed E-state index contributed by atoms with van der Waals surface area (Å²) < 4.78 is 4.62. The van der Waals surface area contributed by atoms with Gasteiger partial charge in [-0.3, -0.25) is 4.79 Å². The highest BCUT2D eigenvalue weighted by Crippen LogP contribution is 2.20. The number of carbonyl (C=O) groups excluding carboxylic acids is 2. The number of aryl methyl sites for hydroxylation is 2. The van der Waals surface area contributed by atoms with Crippen LogP contribution < -0.4 is 11.5 Å². The van der Waals surface area contributed by atoms with Gasteiger partial charge in [-0.2, -0.15) is 0 Å². The minimum Gasteiger partial charge on any atom is -0.434 e. The average Bonchev–Trinajstić information content (AvgIpc) is 3.15. The molecule has 0 aromatic carbocycles.